The van der Waals surface area contributed by atoms with Crippen molar-refractivity contribution in [2.75, 3.05) is 11.1 Å². The molecule has 0 aliphatic heterocycles. The molecule has 0 unspecified atom stereocenters. The number of thiazole rings is 1. The molecule has 0 aliphatic carbocycles. The Balaban J connectivity index is 1.48. The van der Waals surface area contributed by atoms with Gasteiger partial charge in [-0.15, -0.1) is 23.1 Å². The lowest BCUT2D eigenvalue weighted by atomic mass is 10.1. The van der Waals surface area contributed by atoms with E-state index in [2.05, 4.69) is 16.4 Å². The van der Waals surface area contributed by atoms with Crippen molar-refractivity contribution in [2.24, 2.45) is 0 Å². The number of amides is 1. The number of nitrogens with zero attached hydrogens (tertiary/aromatic N) is 1. The summed E-state index contributed by atoms with van der Waals surface area (Å²) in [6, 6.07) is 9.76. The van der Waals surface area contributed by atoms with E-state index in [4.69, 9.17) is 4.42 Å². The Bertz CT molecular complexity index is 825. The van der Waals surface area contributed by atoms with Crippen LogP contribution >= 0.6 is 23.1 Å². The van der Waals surface area contributed by atoms with E-state index >= 15 is 0 Å². The van der Waals surface area contributed by atoms with Gasteiger partial charge in [0.1, 0.15) is 0 Å². The van der Waals surface area contributed by atoms with E-state index in [9.17, 15) is 4.79 Å². The van der Waals surface area contributed by atoms with Crippen LogP contribution in [0.25, 0.3) is 10.8 Å². The Hall–Kier alpha value is -2.05. The Labute approximate surface area is 149 Å². The van der Waals surface area contributed by atoms with E-state index in [1.807, 2.05) is 43.5 Å². The minimum absolute atomic E-state index is 0.00782. The van der Waals surface area contributed by atoms with Gasteiger partial charge in [-0.25, -0.2) is 4.98 Å². The van der Waals surface area contributed by atoms with Gasteiger partial charge in [-0.1, -0.05) is 17.7 Å². The maximum Gasteiger partial charge on any atom is 0.234 e. The molecule has 0 radical (unpaired) electrons. The average molecular weight is 358 g/mol. The first-order valence-electron chi connectivity index (χ1n) is 7.55. The lowest BCUT2D eigenvalue weighted by molar-refractivity contribution is -0.113. The summed E-state index contributed by atoms with van der Waals surface area (Å²) in [5.74, 6) is 1.90. The van der Waals surface area contributed by atoms with E-state index in [1.54, 1.807) is 29.4 Å². The van der Waals surface area contributed by atoms with Crippen LogP contribution in [0.3, 0.4) is 0 Å². The van der Waals surface area contributed by atoms with Crippen LogP contribution in [0.15, 0.2) is 46.4 Å². The van der Waals surface area contributed by atoms with Gasteiger partial charge in [0, 0.05) is 16.8 Å². The van der Waals surface area contributed by atoms with Crippen molar-refractivity contribution in [3.05, 3.63) is 58.8 Å². The van der Waals surface area contributed by atoms with Crippen LogP contribution in [-0.4, -0.2) is 16.6 Å². The number of furan rings is 1. The molecule has 4 nitrogen and oxygen atoms in total. The van der Waals surface area contributed by atoms with E-state index in [0.717, 1.165) is 27.7 Å². The first-order chi connectivity index (χ1) is 11.6. The molecule has 24 heavy (non-hydrogen) atoms. The lowest BCUT2D eigenvalue weighted by Crippen LogP contribution is -2.15. The number of hydrogen-bond donors (Lipinski definition) is 1. The second-order valence-electron chi connectivity index (χ2n) is 5.48. The van der Waals surface area contributed by atoms with Gasteiger partial charge in [0.15, 0.2) is 10.8 Å². The van der Waals surface area contributed by atoms with Crippen molar-refractivity contribution in [1.29, 1.82) is 0 Å². The molecule has 124 valence electrons. The number of aryl methyl sites for hydroxylation is 2. The fourth-order valence-corrected chi connectivity index (χ4v) is 3.88. The molecule has 0 aliphatic rings. The third kappa shape index (κ3) is 4.27. The zero-order valence-electron chi connectivity index (χ0n) is 13.5. The first-order valence-corrected chi connectivity index (χ1v) is 9.58. The van der Waals surface area contributed by atoms with Gasteiger partial charge in [-0.05, 0) is 37.6 Å². The fraction of sp³-hybridized carbons (Fsp3) is 0.222. The Morgan fingerprint density at radius 3 is 2.96 bits per heavy atom. The number of hydrogen-bond acceptors (Lipinski definition) is 5. The zero-order valence-corrected chi connectivity index (χ0v) is 15.2. The van der Waals surface area contributed by atoms with E-state index < -0.39 is 0 Å². The lowest BCUT2D eigenvalue weighted by Gasteiger charge is -2.08. The minimum atomic E-state index is 0.00782. The first kappa shape index (κ1) is 16.8. The number of carbonyl (C=O) groups excluding carboxylic acids is 1. The summed E-state index contributed by atoms with van der Waals surface area (Å²) < 4.78 is 5.34. The molecule has 1 amide bonds. The second-order valence-corrected chi connectivity index (χ2v) is 7.32. The maximum absolute atomic E-state index is 12.1. The molecule has 0 saturated carbocycles. The number of rotatable bonds is 6. The highest BCUT2D eigenvalue weighted by Gasteiger charge is 2.09. The molecule has 6 heteroatoms. The Morgan fingerprint density at radius 2 is 2.21 bits per heavy atom. The highest BCUT2D eigenvalue weighted by molar-refractivity contribution is 7.99. The largest absolute Gasteiger partial charge is 0.462 e. The summed E-state index contributed by atoms with van der Waals surface area (Å²) in [6.07, 6.45) is 1.64. The van der Waals surface area contributed by atoms with Crippen LogP contribution in [-0.2, 0) is 10.5 Å². The van der Waals surface area contributed by atoms with Gasteiger partial charge in [-0.3, -0.25) is 4.79 Å². The summed E-state index contributed by atoms with van der Waals surface area (Å²) >= 11 is 3.11. The molecular formula is C18H18N2O2S2. The average Bonchev–Trinajstić information content (AvgIpc) is 3.21. The number of aromatic nitrogens is 1. The minimum Gasteiger partial charge on any atom is -0.462 e. The van der Waals surface area contributed by atoms with Crippen molar-refractivity contribution < 1.29 is 9.21 Å². The smallest absolute Gasteiger partial charge is 0.234 e. The molecule has 0 saturated heterocycles. The van der Waals surface area contributed by atoms with Gasteiger partial charge in [0.25, 0.3) is 0 Å². The summed E-state index contributed by atoms with van der Waals surface area (Å²) in [4.78, 5) is 16.6. The summed E-state index contributed by atoms with van der Waals surface area (Å²) in [5.41, 5.74) is 4.11. The molecule has 0 spiro atoms. The van der Waals surface area contributed by atoms with Crippen molar-refractivity contribution in [2.45, 2.75) is 19.6 Å². The van der Waals surface area contributed by atoms with Crippen LogP contribution in [0.1, 0.15) is 16.8 Å². The molecule has 0 bridgehead atoms. The van der Waals surface area contributed by atoms with Gasteiger partial charge < -0.3 is 9.73 Å². The standard InChI is InChI=1S/C18H18N2O2S2/c1-12-5-6-15(13(2)8-12)20-17(21)11-23-9-14-10-24-18(19-14)16-4-3-7-22-16/h3-8,10H,9,11H2,1-2H3,(H,20,21). The van der Waals surface area contributed by atoms with E-state index in [0.29, 0.717) is 11.5 Å². The zero-order chi connectivity index (χ0) is 16.9. The molecule has 2 aromatic heterocycles. The summed E-state index contributed by atoms with van der Waals surface area (Å²) in [7, 11) is 0. The molecule has 3 aromatic rings. The third-order valence-electron chi connectivity index (χ3n) is 3.42. The SMILES string of the molecule is Cc1ccc(NC(=O)CSCc2csc(-c3ccco3)n2)c(C)c1. The second kappa shape index (κ2) is 7.68. The Morgan fingerprint density at radius 1 is 1.33 bits per heavy atom. The van der Waals surface area contributed by atoms with Crippen LogP contribution in [0.2, 0.25) is 0 Å². The molecule has 1 aromatic carbocycles. The fourth-order valence-electron chi connectivity index (χ4n) is 2.28. The number of benzene rings is 1. The molecule has 2 heterocycles. The van der Waals surface area contributed by atoms with Crippen LogP contribution < -0.4 is 5.32 Å². The van der Waals surface area contributed by atoms with Crippen molar-refractivity contribution in [3.63, 3.8) is 0 Å². The van der Waals surface area contributed by atoms with E-state index in [1.165, 1.54) is 5.56 Å². The van der Waals surface area contributed by atoms with Gasteiger partial charge in [0.2, 0.25) is 5.91 Å². The highest BCUT2D eigenvalue weighted by atomic mass is 32.2. The quantitative estimate of drug-likeness (QED) is 0.681. The predicted molar refractivity (Wildman–Crippen MR) is 101 cm³/mol. The molecular weight excluding hydrogens is 340 g/mol. The molecule has 0 atom stereocenters. The highest BCUT2D eigenvalue weighted by Crippen LogP contribution is 2.25. The molecule has 0 fully saturated rings. The number of thioether (sulfide) groups is 1. The van der Waals surface area contributed by atoms with Gasteiger partial charge in [0.05, 0.1) is 17.7 Å². The number of carbonyl (C=O) groups is 1. The summed E-state index contributed by atoms with van der Waals surface area (Å²) in [6.45, 7) is 4.04. The van der Waals surface area contributed by atoms with Gasteiger partial charge in [-0.2, -0.15) is 0 Å². The maximum atomic E-state index is 12.1. The predicted octanol–water partition coefficient (Wildman–Crippen LogP) is 4.89. The van der Waals surface area contributed by atoms with Gasteiger partial charge >= 0.3 is 0 Å². The van der Waals surface area contributed by atoms with E-state index in [-0.39, 0.29) is 5.91 Å². The normalized spacial score (nSPS) is 10.8. The van der Waals surface area contributed by atoms with Crippen LogP contribution in [0.4, 0.5) is 5.69 Å². The monoisotopic (exact) mass is 358 g/mol. The van der Waals surface area contributed by atoms with Crippen LogP contribution in [0, 0.1) is 13.8 Å². The Kier molecular flexibility index (Phi) is 5.37. The van der Waals surface area contributed by atoms with Crippen molar-refractivity contribution in [3.8, 4) is 10.8 Å². The van der Waals surface area contributed by atoms with Crippen molar-refractivity contribution in [1.82, 2.24) is 4.98 Å². The van der Waals surface area contributed by atoms with Crippen LogP contribution in [0.5, 0.6) is 0 Å². The molecule has 3 rings (SSSR count). The topological polar surface area (TPSA) is 55.1 Å². The third-order valence-corrected chi connectivity index (χ3v) is 5.29. The van der Waals surface area contributed by atoms with Crippen molar-refractivity contribution >= 4 is 34.7 Å². The molecule has 1 N–H and O–H groups in total. The number of nitrogens with one attached hydrogen (secondary N) is 1. The summed E-state index contributed by atoms with van der Waals surface area (Å²) in [5, 5.41) is 5.84. The number of anilines is 1.